The van der Waals surface area contributed by atoms with Crippen LogP contribution < -0.4 is 20.4 Å². The molecule has 10 heteroatoms. The Morgan fingerprint density at radius 3 is 1.25 bits per heavy atom. The van der Waals surface area contributed by atoms with Gasteiger partial charge in [-0.25, -0.2) is 0 Å². The van der Waals surface area contributed by atoms with Gasteiger partial charge in [0.05, 0.1) is 58.3 Å². The van der Waals surface area contributed by atoms with Crippen molar-refractivity contribution in [3.8, 4) is 0 Å². The molecule has 1 saturated heterocycles. The second-order valence-electron chi connectivity index (χ2n) is 11.0. The van der Waals surface area contributed by atoms with Gasteiger partial charge in [0.2, 0.25) is 11.8 Å². The lowest BCUT2D eigenvalue weighted by molar-refractivity contribution is -0.121. The van der Waals surface area contributed by atoms with Crippen LogP contribution in [0.2, 0.25) is 0 Å². The Bertz CT molecular complexity index is 1670. The molecule has 4 aromatic rings. The molecule has 10 nitrogen and oxygen atoms in total. The monoisotopic (exact) mass is 586 g/mol. The van der Waals surface area contributed by atoms with E-state index in [1.807, 2.05) is 48.5 Å². The number of rotatable bonds is 4. The zero-order chi connectivity index (χ0) is 30.2. The Hall–Kier alpha value is -5.32. The van der Waals surface area contributed by atoms with Crippen molar-refractivity contribution in [1.29, 1.82) is 0 Å². The molecule has 3 heterocycles. The third-order valence-corrected chi connectivity index (χ3v) is 8.25. The van der Waals surface area contributed by atoms with Crippen LogP contribution in [0, 0.1) is 0 Å². The minimum Gasteiger partial charge on any atom is -0.320 e. The molecule has 0 radical (unpaired) electrons. The third kappa shape index (κ3) is 5.00. The van der Waals surface area contributed by atoms with Gasteiger partial charge in [0.1, 0.15) is 0 Å². The van der Waals surface area contributed by atoms with Gasteiger partial charge in [-0.1, -0.05) is 48.5 Å². The van der Waals surface area contributed by atoms with Gasteiger partial charge in [0.15, 0.2) is 0 Å². The maximum Gasteiger partial charge on any atom is 0.257 e. The summed E-state index contributed by atoms with van der Waals surface area (Å²) in [6, 6.07) is 28.9. The summed E-state index contributed by atoms with van der Waals surface area (Å²) in [5.74, 6) is -0.783. The highest BCUT2D eigenvalue weighted by molar-refractivity contribution is 6.19. The Labute approximate surface area is 254 Å². The number of carbonyl (C=O) groups excluding carboxylic acids is 4. The largest absolute Gasteiger partial charge is 0.320 e. The number of anilines is 6. The first kappa shape index (κ1) is 27.5. The van der Waals surface area contributed by atoms with Crippen molar-refractivity contribution >= 4 is 57.8 Å². The lowest BCUT2D eigenvalue weighted by Gasteiger charge is -2.36. The normalized spacial score (nSPS) is 16.4. The van der Waals surface area contributed by atoms with E-state index in [1.54, 1.807) is 58.3 Å². The first-order valence-corrected chi connectivity index (χ1v) is 14.6. The molecular formula is C34H30N6O4. The standard InChI is InChI=1S/C34H30N6O4/c41-31(39-27-13-5-1-9-23(27)33(43)35-25-11-3-7-15-29(25)39)21-37-17-19-38(20-18-37)22-32(42)40-28-14-6-2-10-24(28)34(44)36-26-12-4-8-16-30(26)40/h1-16H,17-22H2,(H,35,43)(H,36,44). The van der Waals surface area contributed by atoms with Crippen LogP contribution in [0.4, 0.5) is 34.1 Å². The van der Waals surface area contributed by atoms with Crippen molar-refractivity contribution in [2.24, 2.45) is 0 Å². The molecule has 4 aromatic carbocycles. The van der Waals surface area contributed by atoms with E-state index in [0.29, 0.717) is 71.4 Å². The van der Waals surface area contributed by atoms with Gasteiger partial charge in [-0.05, 0) is 48.5 Å². The minimum atomic E-state index is -0.253. The number of piperazine rings is 1. The molecule has 2 N–H and O–H groups in total. The second-order valence-corrected chi connectivity index (χ2v) is 11.0. The number of hydrogen-bond acceptors (Lipinski definition) is 6. The first-order valence-electron chi connectivity index (χ1n) is 14.6. The lowest BCUT2D eigenvalue weighted by Crippen LogP contribution is -2.51. The molecule has 0 aromatic heterocycles. The lowest BCUT2D eigenvalue weighted by atomic mass is 10.1. The number of amides is 4. The van der Waals surface area contributed by atoms with Crippen LogP contribution in [0.3, 0.4) is 0 Å². The van der Waals surface area contributed by atoms with E-state index in [1.165, 1.54) is 0 Å². The predicted molar refractivity (Wildman–Crippen MR) is 169 cm³/mol. The van der Waals surface area contributed by atoms with Crippen LogP contribution >= 0.6 is 0 Å². The molecule has 0 saturated carbocycles. The van der Waals surface area contributed by atoms with Crippen molar-refractivity contribution in [2.45, 2.75) is 0 Å². The minimum absolute atomic E-state index is 0.138. The number of hydrogen-bond donors (Lipinski definition) is 2. The van der Waals surface area contributed by atoms with Crippen molar-refractivity contribution < 1.29 is 19.2 Å². The average molecular weight is 587 g/mol. The Balaban J connectivity index is 1.06. The van der Waals surface area contributed by atoms with Crippen LogP contribution in [-0.4, -0.2) is 72.7 Å². The summed E-state index contributed by atoms with van der Waals surface area (Å²) in [4.78, 5) is 60.9. The fourth-order valence-electron chi connectivity index (χ4n) is 6.08. The van der Waals surface area contributed by atoms with E-state index in [-0.39, 0.29) is 36.7 Å². The number of benzene rings is 4. The van der Waals surface area contributed by atoms with E-state index in [0.717, 1.165) is 0 Å². The van der Waals surface area contributed by atoms with E-state index >= 15 is 0 Å². The van der Waals surface area contributed by atoms with Crippen LogP contribution in [0.25, 0.3) is 0 Å². The Kier molecular flexibility index (Phi) is 7.13. The highest BCUT2D eigenvalue weighted by Crippen LogP contribution is 2.39. The SMILES string of the molecule is O=C1Nc2ccccc2N(C(=O)CN2CCN(CC(=O)N3c4ccccc4NC(=O)c4ccccc43)CC2)c2ccccc21. The van der Waals surface area contributed by atoms with Crippen LogP contribution in [0.15, 0.2) is 97.1 Å². The summed E-state index contributed by atoms with van der Waals surface area (Å²) >= 11 is 0. The number of para-hydroxylation sites is 6. The molecule has 3 aliphatic rings. The Morgan fingerprint density at radius 2 is 0.841 bits per heavy atom. The summed E-state index contributed by atoms with van der Waals surface area (Å²) in [7, 11) is 0. The van der Waals surface area contributed by atoms with Gasteiger partial charge >= 0.3 is 0 Å². The number of fused-ring (bicyclic) bond motifs is 4. The highest BCUT2D eigenvalue weighted by Gasteiger charge is 2.33. The smallest absolute Gasteiger partial charge is 0.257 e. The zero-order valence-electron chi connectivity index (χ0n) is 23.9. The summed E-state index contributed by atoms with van der Waals surface area (Å²) in [5, 5.41) is 5.85. The summed E-state index contributed by atoms with van der Waals surface area (Å²) < 4.78 is 0. The molecule has 0 aliphatic carbocycles. The van der Waals surface area contributed by atoms with Gasteiger partial charge in [-0.2, -0.15) is 0 Å². The van der Waals surface area contributed by atoms with E-state index in [9.17, 15) is 19.2 Å². The maximum atomic E-state index is 13.8. The summed E-state index contributed by atoms with van der Waals surface area (Å²) in [6.45, 7) is 2.72. The zero-order valence-corrected chi connectivity index (χ0v) is 23.9. The molecule has 44 heavy (non-hydrogen) atoms. The first-order chi connectivity index (χ1) is 21.5. The molecule has 0 atom stereocenters. The highest BCUT2D eigenvalue weighted by atomic mass is 16.2. The summed E-state index contributed by atoms with van der Waals surface area (Å²) in [5.41, 5.74) is 4.41. The van der Waals surface area contributed by atoms with Crippen LogP contribution in [0.5, 0.6) is 0 Å². The van der Waals surface area contributed by atoms with E-state index < -0.39 is 0 Å². The van der Waals surface area contributed by atoms with E-state index in [2.05, 4.69) is 20.4 Å². The molecule has 1 fully saturated rings. The quantitative estimate of drug-likeness (QED) is 0.366. The Morgan fingerprint density at radius 1 is 0.500 bits per heavy atom. The van der Waals surface area contributed by atoms with Crippen molar-refractivity contribution in [3.05, 3.63) is 108 Å². The molecule has 220 valence electrons. The van der Waals surface area contributed by atoms with Crippen molar-refractivity contribution in [2.75, 3.05) is 59.7 Å². The average Bonchev–Trinajstić information content (AvgIpc) is 3.25. The number of nitrogens with one attached hydrogen (secondary N) is 2. The van der Waals surface area contributed by atoms with Crippen LogP contribution in [0.1, 0.15) is 20.7 Å². The van der Waals surface area contributed by atoms with Crippen molar-refractivity contribution in [1.82, 2.24) is 9.80 Å². The van der Waals surface area contributed by atoms with Gasteiger partial charge in [-0.3, -0.25) is 38.8 Å². The molecule has 0 unspecified atom stereocenters. The molecule has 3 aliphatic heterocycles. The fourth-order valence-corrected chi connectivity index (χ4v) is 6.08. The third-order valence-electron chi connectivity index (χ3n) is 8.25. The number of nitrogens with zero attached hydrogens (tertiary/aromatic N) is 4. The van der Waals surface area contributed by atoms with Gasteiger partial charge in [-0.15, -0.1) is 0 Å². The van der Waals surface area contributed by atoms with Crippen molar-refractivity contribution in [3.63, 3.8) is 0 Å². The molecule has 4 amide bonds. The van der Waals surface area contributed by atoms with Gasteiger partial charge in [0, 0.05) is 26.2 Å². The second kappa shape index (κ2) is 11.4. The fraction of sp³-hybridized carbons (Fsp3) is 0.176. The summed E-state index contributed by atoms with van der Waals surface area (Å²) in [6.07, 6.45) is 0. The predicted octanol–water partition coefficient (Wildman–Crippen LogP) is 4.47. The van der Waals surface area contributed by atoms with Gasteiger partial charge < -0.3 is 10.6 Å². The number of carbonyl (C=O) groups is 4. The topological polar surface area (TPSA) is 105 Å². The van der Waals surface area contributed by atoms with E-state index in [4.69, 9.17) is 0 Å². The molecule has 0 bridgehead atoms. The molecular weight excluding hydrogens is 556 g/mol. The van der Waals surface area contributed by atoms with Gasteiger partial charge in [0.25, 0.3) is 11.8 Å². The molecule has 7 rings (SSSR count). The maximum absolute atomic E-state index is 13.8. The van der Waals surface area contributed by atoms with Crippen LogP contribution in [-0.2, 0) is 9.59 Å². The molecule has 0 spiro atoms.